The first-order valence-corrected chi connectivity index (χ1v) is 6.49. The fourth-order valence-corrected chi connectivity index (χ4v) is 2.97. The van der Waals surface area contributed by atoms with Crippen LogP contribution in [0.25, 0.3) is 0 Å². The lowest BCUT2D eigenvalue weighted by Gasteiger charge is -2.24. The van der Waals surface area contributed by atoms with Gasteiger partial charge in [0.25, 0.3) is 0 Å². The van der Waals surface area contributed by atoms with Crippen LogP contribution in [0.15, 0.2) is 12.1 Å². The standard InChI is InChI=1S/C14H20N2O2/c1-17-11-5-9-8-16(10-3-4-10)12(7-15)14(9)13(6-11)18-2/h5-6,10,12H,3-4,7-8,15H2,1-2H3. The predicted molar refractivity (Wildman–Crippen MR) is 69.9 cm³/mol. The molecule has 4 heteroatoms. The van der Waals surface area contributed by atoms with E-state index in [0.717, 1.165) is 18.0 Å². The van der Waals surface area contributed by atoms with Crippen molar-refractivity contribution in [1.29, 1.82) is 0 Å². The maximum absolute atomic E-state index is 5.97. The van der Waals surface area contributed by atoms with Gasteiger partial charge >= 0.3 is 0 Å². The quantitative estimate of drug-likeness (QED) is 0.880. The highest BCUT2D eigenvalue weighted by Gasteiger charge is 2.40. The van der Waals surface area contributed by atoms with E-state index in [1.54, 1.807) is 14.2 Å². The molecule has 18 heavy (non-hydrogen) atoms. The Morgan fingerprint density at radius 3 is 2.61 bits per heavy atom. The van der Waals surface area contributed by atoms with Crippen molar-refractivity contribution < 1.29 is 9.47 Å². The van der Waals surface area contributed by atoms with Crippen LogP contribution in [-0.2, 0) is 6.54 Å². The lowest BCUT2D eigenvalue weighted by Crippen LogP contribution is -2.29. The Morgan fingerprint density at radius 2 is 2.06 bits per heavy atom. The van der Waals surface area contributed by atoms with Crippen LogP contribution < -0.4 is 15.2 Å². The molecule has 1 saturated carbocycles. The Labute approximate surface area is 108 Å². The van der Waals surface area contributed by atoms with Crippen molar-refractivity contribution in [3.63, 3.8) is 0 Å². The molecule has 0 amide bonds. The lowest BCUT2D eigenvalue weighted by atomic mass is 10.0. The minimum absolute atomic E-state index is 0.299. The Hall–Kier alpha value is -1.26. The number of fused-ring (bicyclic) bond motifs is 1. The van der Waals surface area contributed by atoms with Crippen LogP contribution in [0.4, 0.5) is 0 Å². The molecule has 3 rings (SSSR count). The molecule has 0 bridgehead atoms. The van der Waals surface area contributed by atoms with Crippen molar-refractivity contribution in [3.8, 4) is 11.5 Å². The van der Waals surface area contributed by atoms with Crippen LogP contribution in [0.1, 0.15) is 30.0 Å². The topological polar surface area (TPSA) is 47.7 Å². The molecule has 1 unspecified atom stereocenters. The summed E-state index contributed by atoms with van der Waals surface area (Å²) in [6, 6.07) is 5.08. The van der Waals surface area contributed by atoms with Gasteiger partial charge in [0.2, 0.25) is 0 Å². The minimum atomic E-state index is 0.299. The normalized spacial score (nSPS) is 22.9. The van der Waals surface area contributed by atoms with Gasteiger partial charge in [-0.05, 0) is 24.5 Å². The summed E-state index contributed by atoms with van der Waals surface area (Å²) in [5.74, 6) is 1.77. The van der Waals surface area contributed by atoms with E-state index in [0.29, 0.717) is 18.6 Å². The van der Waals surface area contributed by atoms with Crippen molar-refractivity contribution in [3.05, 3.63) is 23.3 Å². The second-order valence-corrected chi connectivity index (χ2v) is 5.06. The van der Waals surface area contributed by atoms with E-state index in [9.17, 15) is 0 Å². The SMILES string of the molecule is COc1cc2c(c(OC)c1)C(CN)N(C1CC1)C2. The summed E-state index contributed by atoms with van der Waals surface area (Å²) in [6.07, 6.45) is 2.59. The van der Waals surface area contributed by atoms with Crippen LogP contribution in [0, 0.1) is 0 Å². The van der Waals surface area contributed by atoms with E-state index in [-0.39, 0.29) is 0 Å². The summed E-state index contributed by atoms with van der Waals surface area (Å²) in [4.78, 5) is 2.51. The maximum Gasteiger partial charge on any atom is 0.127 e. The molecule has 98 valence electrons. The fraction of sp³-hybridized carbons (Fsp3) is 0.571. The van der Waals surface area contributed by atoms with Crippen molar-refractivity contribution >= 4 is 0 Å². The molecule has 1 aromatic carbocycles. The molecule has 4 nitrogen and oxygen atoms in total. The number of hydrogen-bond donors (Lipinski definition) is 1. The van der Waals surface area contributed by atoms with Gasteiger partial charge in [-0.1, -0.05) is 0 Å². The van der Waals surface area contributed by atoms with Crippen LogP contribution in [0.3, 0.4) is 0 Å². The van der Waals surface area contributed by atoms with Gasteiger partial charge in [0, 0.05) is 30.8 Å². The molecule has 1 aliphatic heterocycles. The summed E-state index contributed by atoms with van der Waals surface area (Å²) < 4.78 is 10.9. The van der Waals surface area contributed by atoms with Gasteiger partial charge in [-0.3, -0.25) is 4.90 Å². The molecule has 1 atom stereocenters. The van der Waals surface area contributed by atoms with Gasteiger partial charge in [0.05, 0.1) is 20.3 Å². The van der Waals surface area contributed by atoms with Crippen LogP contribution in [0.2, 0.25) is 0 Å². The van der Waals surface area contributed by atoms with E-state index in [1.165, 1.54) is 24.0 Å². The second kappa shape index (κ2) is 4.44. The van der Waals surface area contributed by atoms with Crippen molar-refractivity contribution in [1.82, 2.24) is 4.90 Å². The molecule has 0 saturated heterocycles. The van der Waals surface area contributed by atoms with E-state index in [2.05, 4.69) is 11.0 Å². The van der Waals surface area contributed by atoms with Gasteiger partial charge in [0.15, 0.2) is 0 Å². The molecule has 1 heterocycles. The zero-order valence-electron chi connectivity index (χ0n) is 11.0. The average molecular weight is 248 g/mol. The van der Waals surface area contributed by atoms with E-state index in [4.69, 9.17) is 15.2 Å². The number of rotatable bonds is 4. The van der Waals surface area contributed by atoms with E-state index in [1.807, 2.05) is 6.07 Å². The molecule has 1 aliphatic carbocycles. The van der Waals surface area contributed by atoms with E-state index < -0.39 is 0 Å². The first-order chi connectivity index (χ1) is 8.78. The third-order valence-electron chi connectivity index (χ3n) is 3.98. The lowest BCUT2D eigenvalue weighted by molar-refractivity contribution is 0.207. The zero-order valence-corrected chi connectivity index (χ0v) is 11.0. The summed E-state index contributed by atoms with van der Waals surface area (Å²) in [5.41, 5.74) is 8.53. The number of nitrogens with zero attached hydrogens (tertiary/aromatic N) is 1. The largest absolute Gasteiger partial charge is 0.497 e. The monoisotopic (exact) mass is 248 g/mol. The fourth-order valence-electron chi connectivity index (χ4n) is 2.97. The molecule has 2 N–H and O–H groups in total. The Balaban J connectivity index is 2.03. The van der Waals surface area contributed by atoms with Crippen LogP contribution in [-0.4, -0.2) is 31.7 Å². The summed E-state index contributed by atoms with van der Waals surface area (Å²) in [7, 11) is 3.40. The summed E-state index contributed by atoms with van der Waals surface area (Å²) in [6.45, 7) is 1.61. The van der Waals surface area contributed by atoms with Gasteiger partial charge in [-0.2, -0.15) is 0 Å². The highest BCUT2D eigenvalue weighted by Crippen LogP contribution is 2.46. The van der Waals surface area contributed by atoms with Crippen molar-refractivity contribution in [2.45, 2.75) is 31.5 Å². The highest BCUT2D eigenvalue weighted by atomic mass is 16.5. The molecule has 0 spiro atoms. The molecular formula is C14H20N2O2. The number of nitrogens with two attached hydrogens (primary N) is 1. The summed E-state index contributed by atoms with van der Waals surface area (Å²) >= 11 is 0. The molecular weight excluding hydrogens is 228 g/mol. The smallest absolute Gasteiger partial charge is 0.127 e. The third-order valence-corrected chi connectivity index (χ3v) is 3.98. The van der Waals surface area contributed by atoms with E-state index >= 15 is 0 Å². The zero-order chi connectivity index (χ0) is 12.7. The van der Waals surface area contributed by atoms with Gasteiger partial charge in [0.1, 0.15) is 11.5 Å². The number of methoxy groups -OCH3 is 2. The van der Waals surface area contributed by atoms with Crippen molar-refractivity contribution in [2.75, 3.05) is 20.8 Å². The highest BCUT2D eigenvalue weighted by molar-refractivity contribution is 5.51. The molecule has 0 radical (unpaired) electrons. The average Bonchev–Trinajstić information content (AvgIpc) is 3.18. The Morgan fingerprint density at radius 1 is 1.28 bits per heavy atom. The maximum atomic E-state index is 5.97. The third kappa shape index (κ3) is 1.76. The molecule has 1 fully saturated rings. The van der Waals surface area contributed by atoms with Gasteiger partial charge in [-0.15, -0.1) is 0 Å². The Bertz CT molecular complexity index is 457. The van der Waals surface area contributed by atoms with Crippen LogP contribution >= 0.6 is 0 Å². The Kier molecular flexibility index (Phi) is 2.92. The first kappa shape index (κ1) is 11.8. The first-order valence-electron chi connectivity index (χ1n) is 6.49. The second-order valence-electron chi connectivity index (χ2n) is 5.06. The summed E-state index contributed by atoms with van der Waals surface area (Å²) in [5, 5.41) is 0. The predicted octanol–water partition coefficient (Wildman–Crippen LogP) is 1.68. The molecule has 1 aromatic rings. The number of ether oxygens (including phenoxy) is 2. The molecule has 0 aromatic heterocycles. The van der Waals surface area contributed by atoms with Crippen molar-refractivity contribution in [2.24, 2.45) is 5.73 Å². The number of benzene rings is 1. The van der Waals surface area contributed by atoms with Gasteiger partial charge in [-0.25, -0.2) is 0 Å². The van der Waals surface area contributed by atoms with Gasteiger partial charge < -0.3 is 15.2 Å². The minimum Gasteiger partial charge on any atom is -0.497 e. The number of hydrogen-bond acceptors (Lipinski definition) is 4. The van der Waals surface area contributed by atoms with Crippen LogP contribution in [0.5, 0.6) is 11.5 Å². The molecule has 2 aliphatic rings.